The predicted molar refractivity (Wildman–Crippen MR) is 143 cm³/mol. The van der Waals surface area contributed by atoms with Crippen LogP contribution in [0.5, 0.6) is 0 Å². The smallest absolute Gasteiger partial charge is 0.416 e. The number of carbonyl (C=O) groups is 3. The maximum Gasteiger partial charge on any atom is 0.416 e. The Labute approximate surface area is 248 Å². The van der Waals surface area contributed by atoms with Crippen molar-refractivity contribution in [3.63, 3.8) is 0 Å². The third kappa shape index (κ3) is 8.16. The minimum atomic E-state index is -4.57. The van der Waals surface area contributed by atoms with Crippen LogP contribution < -0.4 is 0 Å². The van der Waals surface area contributed by atoms with Gasteiger partial charge in [0.2, 0.25) is 0 Å². The van der Waals surface area contributed by atoms with E-state index in [-0.39, 0.29) is 29.9 Å². The summed E-state index contributed by atoms with van der Waals surface area (Å²) >= 11 is 0. The molecule has 0 saturated carbocycles. The number of hydrogen-bond donors (Lipinski definition) is 0. The Morgan fingerprint density at radius 3 is 1.98 bits per heavy atom. The number of halogens is 6. The van der Waals surface area contributed by atoms with Crippen LogP contribution >= 0.6 is 0 Å². The van der Waals surface area contributed by atoms with Crippen LogP contribution in [-0.4, -0.2) is 41.7 Å². The van der Waals surface area contributed by atoms with Crippen molar-refractivity contribution in [2.45, 2.75) is 51.4 Å². The van der Waals surface area contributed by atoms with Gasteiger partial charge in [-0.1, -0.05) is 48.5 Å². The Hall–Kier alpha value is -4.39. The van der Waals surface area contributed by atoms with Crippen molar-refractivity contribution in [2.24, 2.45) is 5.92 Å². The molecule has 0 spiro atoms. The molecule has 3 aromatic rings. The van der Waals surface area contributed by atoms with Crippen LogP contribution in [0, 0.1) is 12.8 Å². The Balaban J connectivity index is 1.44. The van der Waals surface area contributed by atoms with E-state index in [4.69, 9.17) is 14.3 Å². The van der Waals surface area contributed by atoms with Crippen molar-refractivity contribution in [1.29, 1.82) is 0 Å². The average Bonchev–Trinajstić information content (AvgIpc) is 2.98. The molecule has 0 aliphatic carbocycles. The van der Waals surface area contributed by atoms with E-state index in [1.165, 1.54) is 37.3 Å². The Morgan fingerprint density at radius 2 is 1.36 bits per heavy atom. The minimum Gasteiger partial charge on any atom is -0.460 e. The van der Waals surface area contributed by atoms with Gasteiger partial charge in [-0.3, -0.25) is 4.79 Å². The predicted octanol–water partition coefficient (Wildman–Crippen LogP) is 6.83. The SMILES string of the molecule is Cc1c(C(=O)OCc2ccc(C(F)(F)F)cc2)cccc1C(=O)ON1CC[C@@H](C(F)(F)F)C[C@@H]1C(=O)OCc1ccccc1. The lowest BCUT2D eigenvalue weighted by Crippen LogP contribution is -2.51. The zero-order valence-corrected chi connectivity index (χ0v) is 23.3. The number of hydrogen-bond acceptors (Lipinski definition) is 7. The zero-order chi connectivity index (χ0) is 32.1. The lowest BCUT2D eigenvalue weighted by Gasteiger charge is -2.36. The van der Waals surface area contributed by atoms with Gasteiger partial charge in [0.1, 0.15) is 19.3 Å². The lowest BCUT2D eigenvalue weighted by atomic mass is 9.91. The van der Waals surface area contributed by atoms with Crippen molar-refractivity contribution in [3.05, 3.63) is 106 Å². The van der Waals surface area contributed by atoms with Crippen LogP contribution in [0.3, 0.4) is 0 Å². The van der Waals surface area contributed by atoms with Gasteiger partial charge in [0.15, 0.2) is 0 Å². The second-order valence-electron chi connectivity index (χ2n) is 10.1. The fourth-order valence-corrected chi connectivity index (χ4v) is 4.64. The van der Waals surface area contributed by atoms with E-state index >= 15 is 0 Å². The third-order valence-corrected chi connectivity index (χ3v) is 7.14. The van der Waals surface area contributed by atoms with E-state index in [9.17, 15) is 40.7 Å². The summed E-state index contributed by atoms with van der Waals surface area (Å²) in [6, 6.07) is 15.1. The molecule has 4 rings (SSSR count). The summed E-state index contributed by atoms with van der Waals surface area (Å²) in [7, 11) is 0. The summed E-state index contributed by atoms with van der Waals surface area (Å²) < 4.78 is 89.4. The van der Waals surface area contributed by atoms with Gasteiger partial charge in [0.25, 0.3) is 0 Å². The van der Waals surface area contributed by atoms with Crippen LogP contribution in [0.4, 0.5) is 26.3 Å². The number of ether oxygens (including phenoxy) is 2. The molecule has 1 aliphatic heterocycles. The van der Waals surface area contributed by atoms with Gasteiger partial charge in [0.05, 0.1) is 22.6 Å². The molecule has 2 atom stereocenters. The second kappa shape index (κ2) is 13.5. The van der Waals surface area contributed by atoms with Crippen LogP contribution in [0.1, 0.15) is 55.8 Å². The van der Waals surface area contributed by atoms with E-state index in [0.29, 0.717) is 11.1 Å². The number of rotatable bonds is 8. The van der Waals surface area contributed by atoms with Crippen LogP contribution in [-0.2, 0) is 38.5 Å². The normalized spacial score (nSPS) is 17.5. The molecule has 1 fully saturated rings. The molecule has 0 unspecified atom stereocenters. The van der Waals surface area contributed by atoms with Gasteiger partial charge in [-0.2, -0.15) is 26.3 Å². The summed E-state index contributed by atoms with van der Waals surface area (Å²) in [6.07, 6.45) is -10.2. The third-order valence-electron chi connectivity index (χ3n) is 7.14. The molecule has 0 aromatic heterocycles. The largest absolute Gasteiger partial charge is 0.460 e. The van der Waals surface area contributed by atoms with Crippen molar-refractivity contribution in [2.75, 3.05) is 6.54 Å². The second-order valence-corrected chi connectivity index (χ2v) is 10.1. The first kappa shape index (κ1) is 32.5. The Morgan fingerprint density at radius 1 is 0.773 bits per heavy atom. The summed E-state index contributed by atoms with van der Waals surface area (Å²) in [5, 5.41) is 0.868. The van der Waals surface area contributed by atoms with Gasteiger partial charge in [-0.05, 0) is 60.7 Å². The molecule has 0 N–H and O–H groups in total. The first-order valence-electron chi connectivity index (χ1n) is 13.4. The molecule has 44 heavy (non-hydrogen) atoms. The maximum atomic E-state index is 13.5. The molecular weight excluding hydrogens is 596 g/mol. The quantitative estimate of drug-likeness (QED) is 0.201. The van der Waals surface area contributed by atoms with Gasteiger partial charge in [-0.15, -0.1) is 5.06 Å². The molecule has 0 amide bonds. The molecule has 0 bridgehead atoms. The van der Waals surface area contributed by atoms with E-state index in [0.717, 1.165) is 17.2 Å². The molecule has 7 nitrogen and oxygen atoms in total. The first-order valence-corrected chi connectivity index (χ1v) is 13.4. The Kier molecular flexibility index (Phi) is 9.98. The first-order chi connectivity index (χ1) is 20.7. The summed E-state index contributed by atoms with van der Waals surface area (Å²) in [6.45, 7) is 0.498. The van der Waals surface area contributed by atoms with Gasteiger partial charge >= 0.3 is 30.3 Å². The average molecular weight is 624 g/mol. The van der Waals surface area contributed by atoms with Gasteiger partial charge in [0, 0.05) is 6.54 Å². The highest BCUT2D eigenvalue weighted by Crippen LogP contribution is 2.37. The van der Waals surface area contributed by atoms with Crippen molar-refractivity contribution < 1.29 is 55.0 Å². The fourth-order valence-electron chi connectivity index (χ4n) is 4.64. The topological polar surface area (TPSA) is 82.1 Å². The molecule has 1 aliphatic rings. The molecule has 1 saturated heterocycles. The van der Waals surface area contributed by atoms with Crippen molar-refractivity contribution >= 4 is 17.9 Å². The highest BCUT2D eigenvalue weighted by atomic mass is 19.4. The van der Waals surface area contributed by atoms with E-state index in [2.05, 4.69) is 0 Å². The van der Waals surface area contributed by atoms with Crippen LogP contribution in [0.2, 0.25) is 0 Å². The lowest BCUT2D eigenvalue weighted by molar-refractivity contribution is -0.225. The van der Waals surface area contributed by atoms with Crippen molar-refractivity contribution in [3.8, 4) is 0 Å². The molecule has 0 radical (unpaired) electrons. The Bertz CT molecular complexity index is 1470. The number of alkyl halides is 6. The molecule has 1 heterocycles. The summed E-state index contributed by atoms with van der Waals surface area (Å²) in [5.74, 6) is -4.69. The molecule has 13 heteroatoms. The summed E-state index contributed by atoms with van der Waals surface area (Å²) in [5.41, 5.74) is 0.0359. The van der Waals surface area contributed by atoms with Gasteiger partial charge in [-0.25, -0.2) is 9.59 Å². The van der Waals surface area contributed by atoms with Crippen molar-refractivity contribution in [1.82, 2.24) is 5.06 Å². The number of piperidine rings is 1. The highest BCUT2D eigenvalue weighted by Gasteiger charge is 2.48. The maximum absolute atomic E-state index is 13.5. The minimum absolute atomic E-state index is 0.0408. The molecule has 234 valence electrons. The van der Waals surface area contributed by atoms with E-state index in [1.54, 1.807) is 30.3 Å². The molecular formula is C31H27F6NO6. The van der Waals surface area contributed by atoms with E-state index < -0.39 is 67.2 Å². The number of nitrogens with zero attached hydrogens (tertiary/aromatic N) is 1. The zero-order valence-electron chi connectivity index (χ0n) is 23.3. The summed E-state index contributed by atoms with van der Waals surface area (Å²) in [4.78, 5) is 44.2. The molecule has 3 aromatic carbocycles. The monoisotopic (exact) mass is 623 g/mol. The van der Waals surface area contributed by atoms with Gasteiger partial charge < -0.3 is 14.3 Å². The fraction of sp³-hybridized carbons (Fsp3) is 0.323. The van der Waals surface area contributed by atoms with E-state index in [1.807, 2.05) is 0 Å². The standard InChI is InChI=1S/C31H27F6NO6/c1-19-24(27(39)42-18-21-10-12-22(13-11-21)30(32,33)34)8-5-9-25(19)28(40)44-38-15-14-23(31(35,36)37)16-26(38)29(41)43-17-20-6-3-2-4-7-20/h2-13,23,26H,14-18H2,1H3/t23-,26-/m1/s1. The number of hydroxylamine groups is 2. The number of benzene rings is 3. The highest BCUT2D eigenvalue weighted by molar-refractivity contribution is 5.98. The van der Waals surface area contributed by atoms with Crippen LogP contribution in [0.15, 0.2) is 72.8 Å². The number of esters is 2. The number of carbonyl (C=O) groups excluding carboxylic acids is 3. The van der Waals surface area contributed by atoms with Crippen LogP contribution in [0.25, 0.3) is 0 Å².